The lowest BCUT2D eigenvalue weighted by atomic mass is 10.2. The zero-order valence-corrected chi connectivity index (χ0v) is 13.4. The summed E-state index contributed by atoms with van der Waals surface area (Å²) in [5, 5.41) is 16.1. The fraction of sp³-hybridized carbons (Fsp3) is 0.200. The number of ether oxygens (including phenoxy) is 1. The topological polar surface area (TPSA) is 135 Å². The van der Waals surface area contributed by atoms with Crippen LogP contribution in [0.1, 0.15) is 21.7 Å². The zero-order valence-electron chi connectivity index (χ0n) is 12.6. The van der Waals surface area contributed by atoms with Crippen LogP contribution >= 0.6 is 0 Å². The van der Waals surface area contributed by atoms with E-state index in [1.54, 1.807) is 30.3 Å². The Hall–Kier alpha value is -2.83. The number of furan rings is 1. The first-order valence-electron chi connectivity index (χ1n) is 6.87. The smallest absolute Gasteiger partial charge is 0.287 e. The van der Waals surface area contributed by atoms with Gasteiger partial charge in [0.2, 0.25) is 10.0 Å². The van der Waals surface area contributed by atoms with Crippen molar-refractivity contribution >= 4 is 15.9 Å². The number of hydrogen-bond donors (Lipinski definition) is 2. The number of nitrogens with one attached hydrogen (secondary N) is 1. The summed E-state index contributed by atoms with van der Waals surface area (Å²) in [4.78, 5) is 12.0. The number of rotatable bonds is 7. The van der Waals surface area contributed by atoms with E-state index in [0.717, 1.165) is 0 Å². The van der Waals surface area contributed by atoms with Gasteiger partial charge in [0.25, 0.3) is 5.91 Å². The molecule has 8 nitrogen and oxygen atoms in total. The Morgan fingerprint density at radius 1 is 1.38 bits per heavy atom. The van der Waals surface area contributed by atoms with Gasteiger partial charge in [0.1, 0.15) is 12.4 Å². The largest absolute Gasteiger partial charge is 0.489 e. The van der Waals surface area contributed by atoms with Crippen LogP contribution in [-0.2, 0) is 16.6 Å². The van der Waals surface area contributed by atoms with Crippen LogP contribution < -0.4 is 15.2 Å². The van der Waals surface area contributed by atoms with Gasteiger partial charge in [-0.2, -0.15) is 5.26 Å². The van der Waals surface area contributed by atoms with Gasteiger partial charge in [-0.25, -0.2) is 13.6 Å². The highest BCUT2D eigenvalue weighted by atomic mass is 32.2. The molecule has 24 heavy (non-hydrogen) atoms. The number of nitriles is 1. The van der Waals surface area contributed by atoms with Crippen LogP contribution in [0.2, 0.25) is 0 Å². The number of nitrogens with two attached hydrogens (primary N) is 1. The van der Waals surface area contributed by atoms with E-state index in [1.165, 1.54) is 6.26 Å². The Labute approximate surface area is 138 Å². The van der Waals surface area contributed by atoms with E-state index in [2.05, 4.69) is 5.32 Å². The SMILES string of the molecule is N#Cc1cccc(OCc2ccoc2C(=O)NCCS(N)(=O)=O)c1. The van der Waals surface area contributed by atoms with Gasteiger partial charge >= 0.3 is 0 Å². The molecular formula is C15H15N3O5S. The molecule has 0 saturated heterocycles. The highest BCUT2D eigenvalue weighted by Gasteiger charge is 2.16. The van der Waals surface area contributed by atoms with Crippen molar-refractivity contribution in [3.05, 3.63) is 53.5 Å². The molecule has 2 aromatic rings. The lowest BCUT2D eigenvalue weighted by molar-refractivity contribution is 0.0925. The summed E-state index contributed by atoms with van der Waals surface area (Å²) >= 11 is 0. The van der Waals surface area contributed by atoms with Crippen LogP contribution in [-0.4, -0.2) is 26.6 Å². The lowest BCUT2D eigenvalue weighted by Crippen LogP contribution is -2.31. The van der Waals surface area contributed by atoms with Crippen molar-refractivity contribution in [2.75, 3.05) is 12.3 Å². The van der Waals surface area contributed by atoms with Gasteiger partial charge in [-0.15, -0.1) is 0 Å². The monoisotopic (exact) mass is 349 g/mol. The Kier molecular flexibility index (Phi) is 5.57. The maximum Gasteiger partial charge on any atom is 0.287 e. The zero-order chi connectivity index (χ0) is 17.6. The quantitative estimate of drug-likeness (QED) is 0.757. The number of benzene rings is 1. The molecule has 126 valence electrons. The minimum absolute atomic E-state index is 0.0286. The average molecular weight is 349 g/mol. The second-order valence-electron chi connectivity index (χ2n) is 4.83. The Balaban J connectivity index is 1.97. The molecule has 0 aliphatic rings. The van der Waals surface area contributed by atoms with Gasteiger partial charge < -0.3 is 14.5 Å². The molecule has 0 atom stereocenters. The summed E-state index contributed by atoms with van der Waals surface area (Å²) in [5.74, 6) is -0.420. The van der Waals surface area contributed by atoms with Crippen molar-refractivity contribution < 1.29 is 22.4 Å². The average Bonchev–Trinajstić information content (AvgIpc) is 3.00. The van der Waals surface area contributed by atoms with Crippen molar-refractivity contribution in [2.24, 2.45) is 5.14 Å². The molecule has 1 aromatic heterocycles. The van der Waals surface area contributed by atoms with Gasteiger partial charge in [-0.05, 0) is 24.3 Å². The molecule has 3 N–H and O–H groups in total. The molecule has 0 fully saturated rings. The molecule has 1 heterocycles. The first-order valence-corrected chi connectivity index (χ1v) is 8.58. The third-order valence-corrected chi connectivity index (χ3v) is 3.76. The van der Waals surface area contributed by atoms with Gasteiger partial charge in [-0.3, -0.25) is 4.79 Å². The second-order valence-corrected chi connectivity index (χ2v) is 6.56. The number of hydrogen-bond acceptors (Lipinski definition) is 6. The molecule has 0 aliphatic carbocycles. The third-order valence-electron chi connectivity index (χ3n) is 2.98. The van der Waals surface area contributed by atoms with Crippen LogP contribution in [0.15, 0.2) is 41.0 Å². The molecule has 2 rings (SSSR count). The van der Waals surface area contributed by atoms with Gasteiger partial charge in [0, 0.05) is 12.1 Å². The van der Waals surface area contributed by atoms with E-state index in [1.807, 2.05) is 6.07 Å². The predicted molar refractivity (Wildman–Crippen MR) is 84.5 cm³/mol. The number of primary sulfonamides is 1. The molecule has 1 amide bonds. The number of carbonyl (C=O) groups is 1. The molecule has 0 aliphatic heterocycles. The van der Waals surface area contributed by atoms with Crippen LogP contribution in [0.25, 0.3) is 0 Å². The van der Waals surface area contributed by atoms with Crippen molar-refractivity contribution in [2.45, 2.75) is 6.61 Å². The van der Waals surface area contributed by atoms with Crippen molar-refractivity contribution in [1.82, 2.24) is 5.32 Å². The van der Waals surface area contributed by atoms with Gasteiger partial charge in [0.05, 0.1) is 23.6 Å². The van der Waals surface area contributed by atoms with E-state index in [0.29, 0.717) is 16.9 Å². The summed E-state index contributed by atoms with van der Waals surface area (Å²) in [6.07, 6.45) is 1.33. The van der Waals surface area contributed by atoms with Gasteiger partial charge in [-0.1, -0.05) is 6.07 Å². The molecule has 0 saturated carbocycles. The highest BCUT2D eigenvalue weighted by molar-refractivity contribution is 7.89. The summed E-state index contributed by atoms with van der Waals surface area (Å²) in [6, 6.07) is 10.2. The number of amides is 1. The maximum atomic E-state index is 12.0. The lowest BCUT2D eigenvalue weighted by Gasteiger charge is -2.07. The fourth-order valence-electron chi connectivity index (χ4n) is 1.85. The van der Waals surface area contributed by atoms with E-state index < -0.39 is 15.9 Å². The molecule has 1 aromatic carbocycles. The Morgan fingerprint density at radius 3 is 2.88 bits per heavy atom. The van der Waals surface area contributed by atoms with Crippen LogP contribution in [0.3, 0.4) is 0 Å². The first-order chi connectivity index (χ1) is 11.4. The Bertz CT molecular complexity index is 867. The summed E-state index contributed by atoms with van der Waals surface area (Å²) in [6.45, 7) is -0.0633. The van der Waals surface area contributed by atoms with Crippen LogP contribution in [0.4, 0.5) is 0 Å². The summed E-state index contributed by atoms with van der Waals surface area (Å²) < 4.78 is 32.3. The molecule has 9 heteroatoms. The number of sulfonamides is 1. The highest BCUT2D eigenvalue weighted by Crippen LogP contribution is 2.17. The van der Waals surface area contributed by atoms with E-state index in [-0.39, 0.29) is 24.7 Å². The Morgan fingerprint density at radius 2 is 2.17 bits per heavy atom. The molecule has 0 bridgehead atoms. The molecule has 0 spiro atoms. The molecule has 0 radical (unpaired) electrons. The van der Waals surface area contributed by atoms with Gasteiger partial charge in [0.15, 0.2) is 5.76 Å². The summed E-state index contributed by atoms with van der Waals surface area (Å²) in [5.41, 5.74) is 0.950. The number of carbonyl (C=O) groups excluding carboxylic acids is 1. The third kappa shape index (κ3) is 5.12. The van der Waals surface area contributed by atoms with Crippen molar-refractivity contribution in [3.63, 3.8) is 0 Å². The van der Waals surface area contributed by atoms with Crippen molar-refractivity contribution in [1.29, 1.82) is 5.26 Å². The summed E-state index contributed by atoms with van der Waals surface area (Å²) in [7, 11) is -3.65. The normalized spacial score (nSPS) is 10.8. The second kappa shape index (κ2) is 7.63. The predicted octanol–water partition coefficient (Wildman–Crippen LogP) is 0.749. The minimum Gasteiger partial charge on any atom is -0.489 e. The molecular weight excluding hydrogens is 334 g/mol. The fourth-order valence-corrected chi connectivity index (χ4v) is 2.24. The van der Waals surface area contributed by atoms with E-state index in [9.17, 15) is 13.2 Å². The van der Waals surface area contributed by atoms with Crippen LogP contribution in [0.5, 0.6) is 5.75 Å². The first kappa shape index (κ1) is 17.5. The number of nitrogens with zero attached hydrogens (tertiary/aromatic N) is 1. The van der Waals surface area contributed by atoms with Crippen LogP contribution in [0, 0.1) is 11.3 Å². The van der Waals surface area contributed by atoms with E-state index in [4.69, 9.17) is 19.6 Å². The van der Waals surface area contributed by atoms with Crippen molar-refractivity contribution in [3.8, 4) is 11.8 Å². The molecule has 0 unspecified atom stereocenters. The standard InChI is InChI=1S/C15H15N3O5S/c16-9-11-2-1-3-13(8-11)23-10-12-4-6-22-14(12)15(19)18-5-7-24(17,20)21/h1-4,6,8H,5,7,10H2,(H,18,19)(H2,17,20,21). The maximum absolute atomic E-state index is 12.0. The minimum atomic E-state index is -3.65. The van der Waals surface area contributed by atoms with E-state index >= 15 is 0 Å².